The summed E-state index contributed by atoms with van der Waals surface area (Å²) in [5.41, 5.74) is 0. The number of hydrogen-bond acceptors (Lipinski definition) is 4. The fourth-order valence-corrected chi connectivity index (χ4v) is 2.40. The normalized spacial score (nSPS) is 13.2. The lowest BCUT2D eigenvalue weighted by molar-refractivity contribution is -0.116. The van der Waals surface area contributed by atoms with E-state index in [-0.39, 0.29) is 11.6 Å². The molecule has 98 valence electrons. The van der Waals surface area contributed by atoms with Crippen LogP contribution in [0.2, 0.25) is 0 Å². The molecule has 0 aromatic heterocycles. The summed E-state index contributed by atoms with van der Waals surface area (Å²) in [6.07, 6.45) is 5.13. The standard InChI is InChI=1S/C11H12INO4S/c1-3-11(12)17-9-13(16-2)18(14,15)10-7-5-4-6-8-10/h1,4-8,11H,9H2,2H3. The third-order valence-corrected chi connectivity index (χ3v) is 4.35. The molecule has 0 saturated carbocycles. The number of ether oxygens (including phenoxy) is 1. The summed E-state index contributed by atoms with van der Waals surface area (Å²) in [6, 6.07) is 7.94. The second-order valence-electron chi connectivity index (χ2n) is 3.08. The van der Waals surface area contributed by atoms with Gasteiger partial charge in [0.05, 0.1) is 12.0 Å². The van der Waals surface area contributed by atoms with Gasteiger partial charge < -0.3 is 4.74 Å². The van der Waals surface area contributed by atoms with Gasteiger partial charge in [-0.3, -0.25) is 4.84 Å². The lowest BCUT2D eigenvalue weighted by atomic mass is 10.4. The molecule has 1 rings (SSSR count). The predicted molar refractivity (Wildman–Crippen MR) is 75.1 cm³/mol. The maximum absolute atomic E-state index is 12.1. The molecule has 1 atom stereocenters. The van der Waals surface area contributed by atoms with Crippen LogP contribution < -0.4 is 0 Å². The van der Waals surface area contributed by atoms with Crippen molar-refractivity contribution in [2.75, 3.05) is 13.8 Å². The zero-order valence-corrected chi connectivity index (χ0v) is 12.6. The number of halogens is 1. The van der Waals surface area contributed by atoms with E-state index >= 15 is 0 Å². The van der Waals surface area contributed by atoms with Crippen LogP contribution in [0.4, 0.5) is 0 Å². The van der Waals surface area contributed by atoms with Crippen molar-refractivity contribution < 1.29 is 18.0 Å². The van der Waals surface area contributed by atoms with E-state index in [0.29, 0.717) is 0 Å². The maximum Gasteiger partial charge on any atom is 0.267 e. The van der Waals surface area contributed by atoms with E-state index in [1.54, 1.807) is 18.2 Å². The van der Waals surface area contributed by atoms with Crippen molar-refractivity contribution >= 4 is 32.6 Å². The van der Waals surface area contributed by atoms with Crippen LogP contribution in [0, 0.1) is 12.3 Å². The van der Waals surface area contributed by atoms with Gasteiger partial charge >= 0.3 is 0 Å². The summed E-state index contributed by atoms with van der Waals surface area (Å²) >= 11 is 1.86. The summed E-state index contributed by atoms with van der Waals surface area (Å²) in [6.45, 7) is -0.272. The van der Waals surface area contributed by atoms with Gasteiger partial charge in [0.2, 0.25) is 0 Å². The van der Waals surface area contributed by atoms with Gasteiger partial charge in [-0.25, -0.2) is 8.42 Å². The van der Waals surface area contributed by atoms with Gasteiger partial charge in [-0.15, -0.1) is 6.42 Å². The number of hydroxylamine groups is 1. The Morgan fingerprint density at radius 3 is 2.56 bits per heavy atom. The average molecular weight is 381 g/mol. The number of nitrogens with zero attached hydrogens (tertiary/aromatic N) is 1. The van der Waals surface area contributed by atoms with E-state index in [2.05, 4.69) is 5.92 Å². The summed E-state index contributed by atoms with van der Waals surface area (Å²) in [4.78, 5) is 4.94. The Balaban J connectivity index is 2.85. The van der Waals surface area contributed by atoms with Crippen molar-refractivity contribution in [1.82, 2.24) is 4.47 Å². The molecular formula is C11H12INO4S. The molecule has 1 unspecified atom stereocenters. The number of hydrogen-bond donors (Lipinski definition) is 0. The first kappa shape index (κ1) is 15.4. The fraction of sp³-hybridized carbons (Fsp3) is 0.273. The molecule has 0 bridgehead atoms. The van der Waals surface area contributed by atoms with Crippen LogP contribution in [0.1, 0.15) is 0 Å². The molecule has 0 N–H and O–H groups in total. The molecule has 0 saturated heterocycles. The van der Waals surface area contributed by atoms with Crippen molar-refractivity contribution in [3.05, 3.63) is 30.3 Å². The molecule has 5 nitrogen and oxygen atoms in total. The van der Waals surface area contributed by atoms with Crippen LogP contribution in [0.3, 0.4) is 0 Å². The van der Waals surface area contributed by atoms with Crippen molar-refractivity contribution in [3.63, 3.8) is 0 Å². The van der Waals surface area contributed by atoms with Gasteiger partial charge in [-0.2, -0.15) is 0 Å². The van der Waals surface area contributed by atoms with Crippen molar-refractivity contribution in [2.45, 2.75) is 9.01 Å². The number of benzene rings is 1. The first-order chi connectivity index (χ1) is 8.52. The highest BCUT2D eigenvalue weighted by atomic mass is 127. The van der Waals surface area contributed by atoms with Crippen LogP contribution >= 0.6 is 22.6 Å². The zero-order chi connectivity index (χ0) is 13.6. The first-order valence-electron chi connectivity index (χ1n) is 4.86. The lowest BCUT2D eigenvalue weighted by Crippen LogP contribution is -2.33. The first-order valence-corrected chi connectivity index (χ1v) is 7.54. The van der Waals surface area contributed by atoms with E-state index in [1.165, 1.54) is 19.2 Å². The molecule has 0 aliphatic rings. The summed E-state index contributed by atoms with van der Waals surface area (Å²) in [5.74, 6) is 2.32. The quantitative estimate of drug-likeness (QED) is 0.247. The maximum atomic E-state index is 12.1. The highest BCUT2D eigenvalue weighted by molar-refractivity contribution is 14.1. The molecule has 7 heteroatoms. The Hall–Kier alpha value is -0.660. The average Bonchev–Trinajstić information content (AvgIpc) is 2.39. The summed E-state index contributed by atoms with van der Waals surface area (Å²) in [5, 5.41) is 0. The smallest absolute Gasteiger partial charge is 0.267 e. The Morgan fingerprint density at radius 1 is 1.44 bits per heavy atom. The van der Waals surface area contributed by atoms with E-state index in [1.807, 2.05) is 22.6 Å². The fourth-order valence-electron chi connectivity index (χ4n) is 1.10. The summed E-state index contributed by atoms with van der Waals surface area (Å²) in [7, 11) is -2.49. The van der Waals surface area contributed by atoms with Crippen LogP contribution in [-0.2, 0) is 19.6 Å². The molecule has 0 amide bonds. The largest absolute Gasteiger partial charge is 0.337 e. The lowest BCUT2D eigenvalue weighted by Gasteiger charge is -2.19. The molecule has 0 heterocycles. The SMILES string of the molecule is C#CC(I)OCN(OC)S(=O)(=O)c1ccccc1. The van der Waals surface area contributed by atoms with Gasteiger partial charge in [-0.05, 0) is 34.7 Å². The van der Waals surface area contributed by atoms with Crippen LogP contribution in [0.15, 0.2) is 35.2 Å². The highest BCUT2D eigenvalue weighted by Crippen LogP contribution is 2.15. The van der Waals surface area contributed by atoms with Gasteiger partial charge in [-0.1, -0.05) is 28.6 Å². The van der Waals surface area contributed by atoms with E-state index in [4.69, 9.17) is 16.0 Å². The Labute approximate surface area is 120 Å². The molecule has 1 aromatic carbocycles. The number of rotatable bonds is 6. The number of terminal acetylenes is 1. The van der Waals surface area contributed by atoms with E-state index in [0.717, 1.165) is 4.47 Å². The van der Waals surface area contributed by atoms with Crippen LogP contribution in [0.25, 0.3) is 0 Å². The molecule has 0 spiro atoms. The van der Waals surface area contributed by atoms with Crippen molar-refractivity contribution in [3.8, 4) is 12.3 Å². The third-order valence-electron chi connectivity index (χ3n) is 1.97. The van der Waals surface area contributed by atoms with Gasteiger partial charge in [0.25, 0.3) is 10.0 Å². The molecular weight excluding hydrogens is 369 g/mol. The van der Waals surface area contributed by atoms with Gasteiger partial charge in [0, 0.05) is 0 Å². The van der Waals surface area contributed by atoms with Crippen LogP contribution in [-0.4, -0.2) is 30.8 Å². The van der Waals surface area contributed by atoms with Gasteiger partial charge in [0.15, 0.2) is 4.11 Å². The molecule has 1 aromatic rings. The second-order valence-corrected chi connectivity index (χ2v) is 6.04. The van der Waals surface area contributed by atoms with Gasteiger partial charge in [0.1, 0.15) is 6.73 Å². The summed E-state index contributed by atoms with van der Waals surface area (Å²) < 4.78 is 29.6. The molecule has 0 aliphatic carbocycles. The van der Waals surface area contributed by atoms with E-state index in [9.17, 15) is 8.42 Å². The third kappa shape index (κ3) is 3.93. The van der Waals surface area contributed by atoms with Crippen molar-refractivity contribution in [2.24, 2.45) is 0 Å². The van der Waals surface area contributed by atoms with Crippen LogP contribution in [0.5, 0.6) is 0 Å². The zero-order valence-electron chi connectivity index (χ0n) is 9.61. The molecule has 0 aliphatic heterocycles. The second kappa shape index (κ2) is 7.06. The van der Waals surface area contributed by atoms with Crippen molar-refractivity contribution in [1.29, 1.82) is 0 Å². The molecule has 0 radical (unpaired) electrons. The number of alkyl halides is 1. The minimum absolute atomic E-state index is 0.126. The van der Waals surface area contributed by atoms with E-state index < -0.39 is 14.1 Å². The topological polar surface area (TPSA) is 55.8 Å². The Bertz CT molecular complexity index is 512. The highest BCUT2D eigenvalue weighted by Gasteiger charge is 2.25. The predicted octanol–water partition coefficient (Wildman–Crippen LogP) is 1.61. The minimum atomic E-state index is -3.74. The minimum Gasteiger partial charge on any atom is -0.337 e. The molecule has 18 heavy (non-hydrogen) atoms. The Kier molecular flexibility index (Phi) is 6.04. The Morgan fingerprint density at radius 2 is 2.06 bits per heavy atom. The number of sulfonamides is 1. The molecule has 0 fully saturated rings. The monoisotopic (exact) mass is 381 g/mol.